The van der Waals surface area contributed by atoms with Crippen LogP contribution in [0.25, 0.3) is 22.3 Å². The Morgan fingerprint density at radius 1 is 0.605 bits per heavy atom. The van der Waals surface area contributed by atoms with Crippen molar-refractivity contribution in [1.82, 2.24) is 51.1 Å². The van der Waals surface area contributed by atoms with Gasteiger partial charge in [-0.15, -0.1) is 0 Å². The number of unbranched alkanes of at least 4 members (excludes halogenated alkanes) is 2. The number of hydrogen-bond acceptors (Lipinski definition) is 16. The lowest BCUT2D eigenvalue weighted by molar-refractivity contribution is -0.155. The maximum absolute atomic E-state index is 14.3. The van der Waals surface area contributed by atoms with Crippen molar-refractivity contribution in [2.45, 2.75) is 64.8 Å². The van der Waals surface area contributed by atoms with E-state index in [4.69, 9.17) is 38.2 Å². The number of esters is 1. The molecule has 0 saturated heterocycles. The number of aliphatic hydroxyl groups excluding tert-OH is 3. The number of nitrogens with one attached hydrogen (secondary N) is 4. The molecule has 0 spiro atoms. The highest BCUT2D eigenvalue weighted by Crippen LogP contribution is 2.28. The number of carboxylic acids is 1. The predicted molar refractivity (Wildman–Crippen MR) is 300 cm³/mol. The van der Waals surface area contributed by atoms with Gasteiger partial charge in [0.2, 0.25) is 0 Å². The van der Waals surface area contributed by atoms with Crippen molar-refractivity contribution >= 4 is 58.5 Å². The van der Waals surface area contributed by atoms with Gasteiger partial charge < -0.3 is 35.0 Å². The second-order valence-corrected chi connectivity index (χ2v) is 19.9. The number of carbonyl (C=O) groups is 6. The first-order valence-electron chi connectivity index (χ1n) is 25.4. The summed E-state index contributed by atoms with van der Waals surface area (Å²) in [5.74, 6) is -5.06. The second-order valence-electron chi connectivity index (χ2n) is 19.0. The number of hydrogen-bond donors (Lipinski definition) is 8. The number of aliphatic carboxylic acids is 1. The Hall–Kier alpha value is -7.32. The fourth-order valence-corrected chi connectivity index (χ4v) is 7.65. The normalized spacial score (nSPS) is 11.8. The molecule has 21 nitrogen and oxygen atoms in total. The second kappa shape index (κ2) is 33.4. The fourth-order valence-electron chi connectivity index (χ4n) is 7.31. The Morgan fingerprint density at radius 2 is 1.01 bits per heavy atom. The monoisotopic (exact) mass is 1160 g/mol. The van der Waals surface area contributed by atoms with Crippen LogP contribution in [-0.2, 0) is 27.4 Å². The van der Waals surface area contributed by atoms with Crippen LogP contribution in [0, 0.1) is 11.6 Å². The summed E-state index contributed by atoms with van der Waals surface area (Å²) in [5.41, 5.74) is 8.50. The number of carboxylic acid groups (broad SMARTS) is 1. The standard InChI is InChI=1S/C28H33ClFN5O5.C22H20ClFN4O5.C6H15NO/c1-18(36)24-15-25(32-31-24)27(38)33-35(17-26(37)28(39)40-13-5-4-12-34(2)3)16-19-6-8-20(9-7-19)22-14-21(29)10-11-23(22)30;1-12(29)18-9-19(26-25-18)21(31)27-28(11-20(30)22(32)33)10-13-2-4-14(5-3-13)16-8-15(23)6-7-17(16)24;1-7(2)5-3-4-6-8/h6-11,14-15,26,37H,4-5,12-13,16-17H2,1-3H3,(H,31,32)(H,33,38);2-9,20,30H,10-11H2,1H3,(H,25,26)(H,27,31)(H,32,33);8H,3-6H2,1-2H3/t26-;20-;/m11./s1. The van der Waals surface area contributed by atoms with Crippen molar-refractivity contribution in [3.05, 3.63) is 153 Å². The van der Waals surface area contributed by atoms with E-state index in [1.54, 1.807) is 48.5 Å². The van der Waals surface area contributed by atoms with Gasteiger partial charge in [-0.2, -0.15) is 10.2 Å². The number of Topliss-reactive ketones (excluding diaryl/α,β-unsaturated/α-hetero) is 2. The van der Waals surface area contributed by atoms with Gasteiger partial charge in [0.15, 0.2) is 23.8 Å². The Labute approximate surface area is 477 Å². The molecule has 2 aromatic heterocycles. The van der Waals surface area contributed by atoms with Crippen LogP contribution >= 0.6 is 23.2 Å². The molecule has 0 unspecified atom stereocenters. The van der Waals surface area contributed by atoms with Crippen molar-refractivity contribution in [1.29, 1.82) is 0 Å². The van der Waals surface area contributed by atoms with Crippen LogP contribution in [0.1, 0.15) is 92.6 Å². The van der Waals surface area contributed by atoms with E-state index in [0.29, 0.717) is 56.5 Å². The van der Waals surface area contributed by atoms with E-state index in [0.717, 1.165) is 32.4 Å². The lowest BCUT2D eigenvalue weighted by Gasteiger charge is -2.25. The highest BCUT2D eigenvalue weighted by Gasteiger charge is 2.25. The highest BCUT2D eigenvalue weighted by atomic mass is 35.5. The number of ether oxygens (including phenoxy) is 1. The van der Waals surface area contributed by atoms with E-state index in [2.05, 4.69) is 36.1 Å². The number of rotatable bonds is 27. The molecule has 81 heavy (non-hydrogen) atoms. The molecule has 4 aromatic carbocycles. The number of aromatic amines is 2. The Morgan fingerprint density at radius 3 is 1.38 bits per heavy atom. The van der Waals surface area contributed by atoms with Gasteiger partial charge in [-0.05, 0) is 138 Å². The number of halogens is 4. The molecule has 0 aliphatic carbocycles. The van der Waals surface area contributed by atoms with Crippen molar-refractivity contribution in [2.24, 2.45) is 0 Å². The molecule has 6 aromatic rings. The summed E-state index contributed by atoms with van der Waals surface area (Å²) < 4.78 is 33.6. The summed E-state index contributed by atoms with van der Waals surface area (Å²) in [4.78, 5) is 75.9. The average molecular weight is 1170 g/mol. The number of carbonyl (C=O) groups excluding carboxylic acids is 5. The largest absolute Gasteiger partial charge is 0.479 e. The first-order chi connectivity index (χ1) is 38.4. The molecule has 8 N–H and O–H groups in total. The van der Waals surface area contributed by atoms with Crippen LogP contribution in [0.2, 0.25) is 10.0 Å². The van der Waals surface area contributed by atoms with Crippen molar-refractivity contribution in [2.75, 3.05) is 67.6 Å². The van der Waals surface area contributed by atoms with Crippen molar-refractivity contribution < 1.29 is 62.7 Å². The molecule has 0 saturated carbocycles. The molecule has 436 valence electrons. The Balaban J connectivity index is 0.000000311. The van der Waals surface area contributed by atoms with Gasteiger partial charge in [0.25, 0.3) is 11.8 Å². The number of hydrazine groups is 2. The topological polar surface area (TPSA) is 287 Å². The number of nitrogens with zero attached hydrogens (tertiary/aromatic N) is 6. The smallest absolute Gasteiger partial charge is 0.336 e. The molecule has 0 radical (unpaired) electrons. The molecule has 25 heteroatoms. The van der Waals surface area contributed by atoms with E-state index in [1.165, 1.54) is 72.4 Å². The Bertz CT molecular complexity index is 3020. The number of aromatic nitrogens is 4. The van der Waals surface area contributed by atoms with Crippen LogP contribution in [0.4, 0.5) is 8.78 Å². The molecule has 6 rings (SSSR count). The van der Waals surface area contributed by atoms with Crippen LogP contribution in [0.5, 0.6) is 0 Å². The zero-order valence-electron chi connectivity index (χ0n) is 45.7. The molecule has 0 bridgehead atoms. The van der Waals surface area contributed by atoms with Gasteiger partial charge >= 0.3 is 11.9 Å². The van der Waals surface area contributed by atoms with E-state index >= 15 is 0 Å². The molecule has 2 atom stereocenters. The van der Waals surface area contributed by atoms with Gasteiger partial charge in [-0.3, -0.25) is 40.2 Å². The quantitative estimate of drug-likeness (QED) is 0.0119. The molecular weight excluding hydrogens is 1100 g/mol. The lowest BCUT2D eigenvalue weighted by Crippen LogP contribution is -2.47. The van der Waals surface area contributed by atoms with Gasteiger partial charge in [0, 0.05) is 54.7 Å². The molecule has 2 amide bonds. The van der Waals surface area contributed by atoms with Crippen LogP contribution in [0.15, 0.2) is 97.1 Å². The summed E-state index contributed by atoms with van der Waals surface area (Å²) in [6, 6.07) is 24.6. The van der Waals surface area contributed by atoms with Gasteiger partial charge in [0.1, 0.15) is 34.4 Å². The maximum atomic E-state index is 14.3. The third kappa shape index (κ3) is 23.0. The summed E-state index contributed by atoms with van der Waals surface area (Å²) >= 11 is 12.0. The molecular formula is C56H68Cl2F2N10O11. The summed E-state index contributed by atoms with van der Waals surface area (Å²) in [6.07, 6.45) is 0.208. The predicted octanol–water partition coefficient (Wildman–Crippen LogP) is 6.45. The minimum Gasteiger partial charge on any atom is -0.479 e. The van der Waals surface area contributed by atoms with Gasteiger partial charge in [-0.1, -0.05) is 71.7 Å². The van der Waals surface area contributed by atoms with E-state index in [1.807, 2.05) is 33.1 Å². The van der Waals surface area contributed by atoms with Crippen LogP contribution in [0.3, 0.4) is 0 Å². The minimum absolute atomic E-state index is 0.0122. The number of ketones is 2. The number of aliphatic hydroxyl groups is 3. The molecule has 0 aliphatic rings. The van der Waals surface area contributed by atoms with Crippen LogP contribution < -0.4 is 10.9 Å². The summed E-state index contributed by atoms with van der Waals surface area (Å²) in [6.45, 7) is 4.47. The fraction of sp³-hybridized carbons (Fsp3) is 0.357. The molecule has 2 heterocycles. The van der Waals surface area contributed by atoms with Crippen molar-refractivity contribution in [3.63, 3.8) is 0 Å². The Kier molecular flexibility index (Phi) is 27.3. The first-order valence-corrected chi connectivity index (χ1v) is 26.2. The van der Waals surface area contributed by atoms with Crippen molar-refractivity contribution in [3.8, 4) is 22.3 Å². The zero-order valence-corrected chi connectivity index (χ0v) is 47.2. The van der Waals surface area contributed by atoms with E-state index < -0.39 is 54.1 Å². The number of H-pyrrole nitrogens is 2. The molecule has 0 fully saturated rings. The summed E-state index contributed by atoms with van der Waals surface area (Å²) in [5, 5.41) is 53.5. The highest BCUT2D eigenvalue weighted by molar-refractivity contribution is 6.31. The number of benzene rings is 4. The maximum Gasteiger partial charge on any atom is 0.336 e. The SMILES string of the molecule is CC(=O)c1cc(C(=O)NN(Cc2ccc(-c3cc(Cl)ccc3F)cc2)C[C@@H](O)C(=O)O)[nH]n1.CC(=O)c1cc(C(=O)NN(Cc2ccc(-c3cc(Cl)ccc3F)cc2)C[C@@H](O)C(=O)OCCCCN(C)C)[nH]n1.CN(C)CCCCO. The first kappa shape index (κ1) is 66.2. The zero-order chi connectivity index (χ0) is 59.8. The third-order valence-electron chi connectivity index (χ3n) is 11.6. The van der Waals surface area contributed by atoms with Crippen LogP contribution in [-0.4, -0.2) is 176 Å². The van der Waals surface area contributed by atoms with Gasteiger partial charge in [-0.25, -0.2) is 28.4 Å². The van der Waals surface area contributed by atoms with E-state index in [9.17, 15) is 47.8 Å². The number of amides is 2. The molecule has 0 aliphatic heterocycles. The summed E-state index contributed by atoms with van der Waals surface area (Å²) in [7, 11) is 7.98. The third-order valence-corrected chi connectivity index (χ3v) is 12.1. The lowest BCUT2D eigenvalue weighted by atomic mass is 10.0. The average Bonchev–Trinajstić information content (AvgIpc) is 4.14. The van der Waals surface area contributed by atoms with E-state index in [-0.39, 0.29) is 60.6 Å². The minimum atomic E-state index is -1.76. The van der Waals surface area contributed by atoms with Gasteiger partial charge in [0.05, 0.1) is 19.7 Å².